The van der Waals surface area contributed by atoms with Crippen molar-refractivity contribution in [3.05, 3.63) is 118 Å². The summed E-state index contributed by atoms with van der Waals surface area (Å²) < 4.78 is 7.43. The molecule has 174 valence electrons. The van der Waals surface area contributed by atoms with Gasteiger partial charge in [0.15, 0.2) is 0 Å². The zero-order chi connectivity index (χ0) is 24.2. The summed E-state index contributed by atoms with van der Waals surface area (Å²) in [6.07, 6.45) is 1.85. The highest BCUT2D eigenvalue weighted by Gasteiger charge is 2.23. The maximum absolute atomic E-state index is 2.37. The Balaban J connectivity index is 1.45. The van der Waals surface area contributed by atoms with Crippen LogP contribution < -0.4 is 9.13 Å². The van der Waals surface area contributed by atoms with Gasteiger partial charge in [-0.1, -0.05) is 95.5 Å². The number of nitrogens with zero attached hydrogens (tertiary/aromatic N) is 2. The topological polar surface area (TPSA) is 7.76 Å². The maximum atomic E-state index is 2.37. The summed E-state index contributed by atoms with van der Waals surface area (Å²) in [5, 5.41) is 8.24. The number of hydrogen-bond donors (Lipinski definition) is 0. The molecule has 0 amide bonds. The number of fused-ring (bicyclic) bond motifs is 4. The Bertz CT molecular complexity index is 1730. The van der Waals surface area contributed by atoms with Crippen LogP contribution in [0.15, 0.2) is 97.1 Å². The molecule has 0 saturated carbocycles. The molecule has 0 aliphatic heterocycles. The van der Waals surface area contributed by atoms with Crippen LogP contribution in [0.5, 0.6) is 0 Å². The molecule has 2 nitrogen and oxygen atoms in total. The third-order valence-electron chi connectivity index (χ3n) is 7.47. The summed E-state index contributed by atoms with van der Waals surface area (Å²) in [7, 11) is 4.41. The van der Waals surface area contributed by atoms with Crippen molar-refractivity contribution >= 4 is 64.7 Å². The molecule has 5 aromatic carbocycles. The predicted molar refractivity (Wildman–Crippen MR) is 153 cm³/mol. The third-order valence-corrected chi connectivity index (χ3v) is 9.91. The summed E-state index contributed by atoms with van der Waals surface area (Å²) in [6, 6.07) is 35.5. The standard InChI is InChI=1S/C32H26N2S2/c1-33-27-15-7-9-17-29(27)35-31(33)19-25-21-11-3-5-13-23(21)26(24-14-6-4-12-22(24)25)20-32-34(2)28-16-8-10-18-30(28)36-32/h3-18H,19-20H2,1-2H3/q+2. The van der Waals surface area contributed by atoms with Gasteiger partial charge in [0.05, 0.1) is 12.8 Å². The molecule has 0 aliphatic rings. The van der Waals surface area contributed by atoms with Gasteiger partial charge in [0.1, 0.15) is 23.5 Å². The van der Waals surface area contributed by atoms with Crippen molar-refractivity contribution < 1.29 is 9.13 Å². The number of thiazole rings is 2. The Morgan fingerprint density at radius 1 is 0.472 bits per heavy atom. The monoisotopic (exact) mass is 502 g/mol. The van der Waals surface area contributed by atoms with Gasteiger partial charge < -0.3 is 0 Å². The molecule has 0 saturated heterocycles. The van der Waals surface area contributed by atoms with Crippen LogP contribution in [0.2, 0.25) is 0 Å². The molecule has 0 aliphatic carbocycles. The average molecular weight is 503 g/mol. The first-order valence-corrected chi connectivity index (χ1v) is 14.0. The molecule has 7 aromatic rings. The molecule has 2 aromatic heterocycles. The minimum atomic E-state index is 0.924. The fraction of sp³-hybridized carbons (Fsp3) is 0.125. The summed E-state index contributed by atoms with van der Waals surface area (Å²) in [6.45, 7) is 0. The van der Waals surface area contributed by atoms with E-state index in [0.29, 0.717) is 0 Å². The Morgan fingerprint density at radius 3 is 1.17 bits per heavy atom. The smallest absolute Gasteiger partial charge is 0.188 e. The van der Waals surface area contributed by atoms with E-state index in [0.717, 1.165) is 12.8 Å². The first-order chi connectivity index (χ1) is 17.7. The van der Waals surface area contributed by atoms with Crippen molar-refractivity contribution in [3.8, 4) is 0 Å². The van der Waals surface area contributed by atoms with E-state index in [4.69, 9.17) is 0 Å². The molecule has 4 heteroatoms. The zero-order valence-corrected chi connectivity index (χ0v) is 22.0. The van der Waals surface area contributed by atoms with Crippen molar-refractivity contribution in [2.75, 3.05) is 0 Å². The van der Waals surface area contributed by atoms with Gasteiger partial charge in [0.2, 0.25) is 21.0 Å². The Kier molecular flexibility index (Phi) is 5.12. The van der Waals surface area contributed by atoms with Crippen molar-refractivity contribution in [3.63, 3.8) is 0 Å². The van der Waals surface area contributed by atoms with E-state index in [2.05, 4.69) is 120 Å². The van der Waals surface area contributed by atoms with Gasteiger partial charge in [-0.15, -0.1) is 0 Å². The molecule has 2 heterocycles. The molecular weight excluding hydrogens is 477 g/mol. The molecule has 7 rings (SSSR count). The minimum Gasteiger partial charge on any atom is -0.188 e. The van der Waals surface area contributed by atoms with Crippen molar-refractivity contribution in [1.82, 2.24) is 0 Å². The number of hydrogen-bond acceptors (Lipinski definition) is 2. The third kappa shape index (κ3) is 3.36. The fourth-order valence-electron chi connectivity index (χ4n) is 5.60. The lowest BCUT2D eigenvalue weighted by Crippen LogP contribution is -2.31. The molecule has 0 bridgehead atoms. The Morgan fingerprint density at radius 2 is 0.806 bits per heavy atom. The Hall–Kier alpha value is -3.60. The molecule has 0 atom stereocenters. The largest absolute Gasteiger partial charge is 0.242 e. The second kappa shape index (κ2) is 8.51. The summed E-state index contributed by atoms with van der Waals surface area (Å²) in [5.41, 5.74) is 5.46. The van der Waals surface area contributed by atoms with Crippen LogP contribution in [0.1, 0.15) is 21.1 Å². The molecule has 0 spiro atoms. The minimum absolute atomic E-state index is 0.924. The van der Waals surface area contributed by atoms with Gasteiger partial charge >= 0.3 is 0 Å². The van der Waals surface area contributed by atoms with Crippen molar-refractivity contribution in [2.45, 2.75) is 12.8 Å². The van der Waals surface area contributed by atoms with Crippen LogP contribution in [-0.4, -0.2) is 0 Å². The number of para-hydroxylation sites is 2. The van der Waals surface area contributed by atoms with E-state index in [1.165, 1.54) is 63.1 Å². The first-order valence-electron chi connectivity index (χ1n) is 12.3. The summed E-state index contributed by atoms with van der Waals surface area (Å²) >= 11 is 3.82. The van der Waals surface area contributed by atoms with Crippen LogP contribution in [0.4, 0.5) is 0 Å². The fourth-order valence-corrected chi connectivity index (χ4v) is 7.93. The van der Waals surface area contributed by atoms with Crippen LogP contribution in [0.25, 0.3) is 42.0 Å². The predicted octanol–water partition coefficient (Wildman–Crippen LogP) is 7.25. The second-order valence-corrected chi connectivity index (χ2v) is 11.7. The van der Waals surface area contributed by atoms with E-state index in [9.17, 15) is 0 Å². The van der Waals surface area contributed by atoms with E-state index < -0.39 is 0 Å². The number of rotatable bonds is 4. The highest BCUT2D eigenvalue weighted by atomic mass is 32.1. The van der Waals surface area contributed by atoms with Crippen LogP contribution in [0.3, 0.4) is 0 Å². The van der Waals surface area contributed by atoms with Crippen LogP contribution >= 0.6 is 22.7 Å². The van der Waals surface area contributed by atoms with Gasteiger partial charge in [-0.25, -0.2) is 0 Å². The lowest BCUT2D eigenvalue weighted by molar-refractivity contribution is -0.647. The molecule has 0 unspecified atom stereocenters. The summed E-state index contributed by atoms with van der Waals surface area (Å²) in [5.74, 6) is 0. The van der Waals surface area contributed by atoms with E-state index >= 15 is 0 Å². The van der Waals surface area contributed by atoms with Gasteiger partial charge in [0.25, 0.3) is 0 Å². The lowest BCUT2D eigenvalue weighted by atomic mass is 9.89. The molecule has 36 heavy (non-hydrogen) atoms. The van der Waals surface area contributed by atoms with Gasteiger partial charge in [-0.3, -0.25) is 0 Å². The zero-order valence-electron chi connectivity index (χ0n) is 20.4. The molecular formula is C32H26N2S2+2. The van der Waals surface area contributed by atoms with Crippen molar-refractivity contribution in [2.24, 2.45) is 14.1 Å². The normalized spacial score (nSPS) is 11.8. The Labute approximate surface area is 218 Å². The van der Waals surface area contributed by atoms with E-state index in [1.807, 2.05) is 22.7 Å². The maximum Gasteiger partial charge on any atom is 0.242 e. The number of aryl methyl sites for hydroxylation is 2. The van der Waals surface area contributed by atoms with Gasteiger partial charge in [-0.05, 0) is 44.8 Å². The first kappa shape index (κ1) is 21.7. The molecule has 0 fully saturated rings. The highest BCUT2D eigenvalue weighted by Crippen LogP contribution is 2.37. The van der Waals surface area contributed by atoms with Gasteiger partial charge in [-0.2, -0.15) is 9.13 Å². The van der Waals surface area contributed by atoms with E-state index in [-0.39, 0.29) is 0 Å². The summed E-state index contributed by atoms with van der Waals surface area (Å²) in [4.78, 5) is 0. The molecule has 0 radical (unpaired) electrons. The SMILES string of the molecule is C[n+]1c(Cc2c3ccccc3c(Cc3sc4ccccc4[n+]3C)c3ccccc23)sc2ccccc21. The highest BCUT2D eigenvalue weighted by molar-refractivity contribution is 7.18. The number of aromatic nitrogens is 2. The lowest BCUT2D eigenvalue weighted by Gasteiger charge is -2.15. The van der Waals surface area contributed by atoms with E-state index in [1.54, 1.807) is 0 Å². The second-order valence-electron chi connectivity index (χ2n) is 9.45. The quantitative estimate of drug-likeness (QED) is 0.177. The average Bonchev–Trinajstić information content (AvgIpc) is 3.41. The molecule has 0 N–H and O–H groups in total. The van der Waals surface area contributed by atoms with Crippen molar-refractivity contribution in [1.29, 1.82) is 0 Å². The van der Waals surface area contributed by atoms with Crippen LogP contribution in [-0.2, 0) is 26.9 Å². The number of benzene rings is 5. The van der Waals surface area contributed by atoms with Crippen LogP contribution in [0, 0.1) is 0 Å². The van der Waals surface area contributed by atoms with Gasteiger partial charge in [0, 0.05) is 12.1 Å².